The third kappa shape index (κ3) is 4.04. The summed E-state index contributed by atoms with van der Waals surface area (Å²) in [4.78, 5) is 16.2. The van der Waals surface area contributed by atoms with E-state index in [-0.39, 0.29) is 11.8 Å². The van der Waals surface area contributed by atoms with Gasteiger partial charge in [0.25, 0.3) is 0 Å². The molecule has 1 aliphatic rings. The topological polar surface area (TPSA) is 68.0 Å². The van der Waals surface area contributed by atoms with E-state index in [2.05, 4.69) is 17.2 Å². The smallest absolute Gasteiger partial charge is 0.227 e. The maximum absolute atomic E-state index is 12.2. The minimum atomic E-state index is 0.133. The van der Waals surface area contributed by atoms with Crippen LogP contribution < -0.4 is 11.1 Å². The van der Waals surface area contributed by atoms with E-state index in [1.807, 2.05) is 12.1 Å². The van der Waals surface area contributed by atoms with Crippen molar-refractivity contribution in [3.63, 3.8) is 0 Å². The van der Waals surface area contributed by atoms with Crippen molar-refractivity contribution >= 4 is 11.6 Å². The van der Waals surface area contributed by atoms with E-state index >= 15 is 0 Å². The molecule has 1 amide bonds. The molecule has 2 rings (SSSR count). The number of nitrogens with one attached hydrogen (secondary N) is 1. The predicted molar refractivity (Wildman–Crippen MR) is 81.2 cm³/mol. The van der Waals surface area contributed by atoms with Crippen LogP contribution in [0.5, 0.6) is 0 Å². The van der Waals surface area contributed by atoms with Crippen molar-refractivity contribution in [1.82, 2.24) is 4.98 Å². The zero-order chi connectivity index (χ0) is 14.4. The summed E-state index contributed by atoms with van der Waals surface area (Å²) in [5.41, 5.74) is 7.03. The molecular weight excluding hydrogens is 250 g/mol. The van der Waals surface area contributed by atoms with Gasteiger partial charge in [-0.05, 0) is 50.2 Å². The zero-order valence-electron chi connectivity index (χ0n) is 12.2. The molecule has 0 aliphatic heterocycles. The Morgan fingerprint density at radius 2 is 2.00 bits per heavy atom. The van der Waals surface area contributed by atoms with Crippen LogP contribution in [0.4, 0.5) is 5.69 Å². The van der Waals surface area contributed by atoms with Crippen LogP contribution in [0, 0.1) is 11.8 Å². The Bertz CT molecular complexity index is 413. The predicted octanol–water partition coefficient (Wildman–Crippen LogP) is 2.95. The quantitative estimate of drug-likeness (QED) is 0.868. The van der Waals surface area contributed by atoms with Crippen LogP contribution in [-0.2, 0) is 4.79 Å². The lowest BCUT2D eigenvalue weighted by Gasteiger charge is -2.31. The van der Waals surface area contributed by atoms with Gasteiger partial charge >= 0.3 is 0 Å². The van der Waals surface area contributed by atoms with Crippen molar-refractivity contribution in [2.75, 3.05) is 5.32 Å². The highest BCUT2D eigenvalue weighted by Crippen LogP contribution is 2.32. The third-order valence-corrected chi connectivity index (χ3v) is 4.32. The molecule has 20 heavy (non-hydrogen) atoms. The molecule has 1 aliphatic carbocycles. The van der Waals surface area contributed by atoms with Gasteiger partial charge in [0.05, 0.1) is 0 Å². The first kappa shape index (κ1) is 15.0. The van der Waals surface area contributed by atoms with E-state index in [9.17, 15) is 4.79 Å². The van der Waals surface area contributed by atoms with Gasteiger partial charge in [-0.3, -0.25) is 9.78 Å². The SMILES string of the molecule is CCC[C@H](N)C1CCC(C(=O)Nc2ccncc2)CC1. The molecule has 110 valence electrons. The van der Waals surface area contributed by atoms with Gasteiger partial charge in [-0.25, -0.2) is 0 Å². The molecule has 0 aromatic carbocycles. The number of carbonyl (C=O) groups is 1. The molecule has 0 spiro atoms. The molecule has 4 heteroatoms. The van der Waals surface area contributed by atoms with Crippen LogP contribution in [0.15, 0.2) is 24.5 Å². The summed E-state index contributed by atoms with van der Waals surface area (Å²) < 4.78 is 0. The summed E-state index contributed by atoms with van der Waals surface area (Å²) in [6.45, 7) is 2.17. The Morgan fingerprint density at radius 3 is 2.60 bits per heavy atom. The Kier molecular flexibility index (Phi) is 5.53. The van der Waals surface area contributed by atoms with Crippen molar-refractivity contribution in [3.05, 3.63) is 24.5 Å². The second-order valence-corrected chi connectivity index (χ2v) is 5.79. The number of pyridine rings is 1. The molecule has 0 unspecified atom stereocenters. The standard InChI is InChI=1S/C16H25N3O/c1-2-3-15(17)12-4-6-13(7-5-12)16(20)19-14-8-10-18-11-9-14/h8-13,15H,2-7,17H2,1H3,(H,18,19,20)/t12?,13?,15-/m0/s1. The van der Waals surface area contributed by atoms with Gasteiger partial charge in [-0.2, -0.15) is 0 Å². The molecule has 1 heterocycles. The van der Waals surface area contributed by atoms with Crippen molar-refractivity contribution in [3.8, 4) is 0 Å². The Morgan fingerprint density at radius 1 is 1.35 bits per heavy atom. The average Bonchev–Trinajstić information content (AvgIpc) is 2.48. The van der Waals surface area contributed by atoms with Crippen molar-refractivity contribution < 1.29 is 4.79 Å². The number of nitrogens with two attached hydrogens (primary N) is 1. The Hall–Kier alpha value is -1.42. The first-order chi connectivity index (χ1) is 9.70. The lowest BCUT2D eigenvalue weighted by molar-refractivity contribution is -0.121. The van der Waals surface area contributed by atoms with Gasteiger partial charge in [0.1, 0.15) is 0 Å². The third-order valence-electron chi connectivity index (χ3n) is 4.32. The number of hydrogen-bond donors (Lipinski definition) is 2. The van der Waals surface area contributed by atoms with E-state index in [1.165, 1.54) is 0 Å². The number of anilines is 1. The van der Waals surface area contributed by atoms with Gasteiger partial charge in [-0.1, -0.05) is 13.3 Å². The molecule has 3 N–H and O–H groups in total. The summed E-state index contributed by atoms with van der Waals surface area (Å²) in [7, 11) is 0. The molecular formula is C16H25N3O. The summed E-state index contributed by atoms with van der Waals surface area (Å²) in [5, 5.41) is 2.97. The van der Waals surface area contributed by atoms with E-state index in [0.29, 0.717) is 12.0 Å². The molecule has 1 aromatic rings. The van der Waals surface area contributed by atoms with E-state index in [1.54, 1.807) is 12.4 Å². The Balaban J connectivity index is 1.80. The van der Waals surface area contributed by atoms with Crippen molar-refractivity contribution in [1.29, 1.82) is 0 Å². The second-order valence-electron chi connectivity index (χ2n) is 5.79. The van der Waals surface area contributed by atoms with Crippen LogP contribution >= 0.6 is 0 Å². The van der Waals surface area contributed by atoms with Gasteiger partial charge in [0, 0.05) is 30.0 Å². The summed E-state index contributed by atoms with van der Waals surface area (Å²) in [5.74, 6) is 0.867. The maximum Gasteiger partial charge on any atom is 0.227 e. The fraction of sp³-hybridized carbons (Fsp3) is 0.625. The summed E-state index contributed by atoms with van der Waals surface area (Å²) >= 11 is 0. The average molecular weight is 275 g/mol. The van der Waals surface area contributed by atoms with Gasteiger partial charge in [0.15, 0.2) is 0 Å². The molecule has 0 radical (unpaired) electrons. The first-order valence-corrected chi connectivity index (χ1v) is 7.67. The van der Waals surface area contributed by atoms with Gasteiger partial charge < -0.3 is 11.1 Å². The number of amides is 1. The van der Waals surface area contributed by atoms with E-state index in [0.717, 1.165) is 44.2 Å². The minimum Gasteiger partial charge on any atom is -0.327 e. The van der Waals surface area contributed by atoms with E-state index in [4.69, 9.17) is 5.73 Å². The van der Waals surface area contributed by atoms with Crippen LogP contribution in [0.25, 0.3) is 0 Å². The lowest BCUT2D eigenvalue weighted by atomic mass is 9.77. The first-order valence-electron chi connectivity index (χ1n) is 7.67. The molecule has 1 atom stereocenters. The Labute approximate surface area is 121 Å². The molecule has 4 nitrogen and oxygen atoms in total. The van der Waals surface area contributed by atoms with Crippen LogP contribution in [0.3, 0.4) is 0 Å². The highest BCUT2D eigenvalue weighted by atomic mass is 16.1. The number of aromatic nitrogens is 1. The summed E-state index contributed by atoms with van der Waals surface area (Å²) in [6.07, 6.45) is 9.69. The molecule has 0 saturated heterocycles. The van der Waals surface area contributed by atoms with Crippen LogP contribution in [0.1, 0.15) is 45.4 Å². The monoisotopic (exact) mass is 275 g/mol. The molecule has 0 bridgehead atoms. The highest BCUT2D eigenvalue weighted by molar-refractivity contribution is 5.92. The van der Waals surface area contributed by atoms with Crippen LogP contribution in [0.2, 0.25) is 0 Å². The van der Waals surface area contributed by atoms with Crippen molar-refractivity contribution in [2.45, 2.75) is 51.5 Å². The number of rotatable bonds is 5. The number of carbonyl (C=O) groups excluding carboxylic acids is 1. The molecule has 1 saturated carbocycles. The van der Waals surface area contributed by atoms with E-state index < -0.39 is 0 Å². The minimum absolute atomic E-state index is 0.133. The lowest BCUT2D eigenvalue weighted by Crippen LogP contribution is -2.35. The largest absolute Gasteiger partial charge is 0.327 e. The highest BCUT2D eigenvalue weighted by Gasteiger charge is 2.28. The zero-order valence-corrected chi connectivity index (χ0v) is 12.2. The second kappa shape index (κ2) is 7.39. The fourth-order valence-corrected chi connectivity index (χ4v) is 3.06. The fourth-order valence-electron chi connectivity index (χ4n) is 3.06. The molecule has 1 aromatic heterocycles. The van der Waals surface area contributed by atoms with Crippen LogP contribution in [-0.4, -0.2) is 16.9 Å². The number of nitrogens with zero attached hydrogens (tertiary/aromatic N) is 1. The van der Waals surface area contributed by atoms with Gasteiger partial charge in [-0.15, -0.1) is 0 Å². The normalized spacial score (nSPS) is 24.1. The summed E-state index contributed by atoms with van der Waals surface area (Å²) in [6, 6.07) is 3.95. The number of hydrogen-bond acceptors (Lipinski definition) is 3. The molecule has 1 fully saturated rings. The van der Waals surface area contributed by atoms with Gasteiger partial charge in [0.2, 0.25) is 5.91 Å². The van der Waals surface area contributed by atoms with Crippen molar-refractivity contribution in [2.24, 2.45) is 17.6 Å². The maximum atomic E-state index is 12.2.